The number of cyclic esters (lactones) is 2. The molecule has 1 heterocycles. The Morgan fingerprint density at radius 2 is 1.45 bits per heavy atom. The maximum absolute atomic E-state index is 9.92. The topological polar surface area (TPSA) is 91.3 Å². The van der Waals surface area contributed by atoms with Crippen molar-refractivity contribution in [2.24, 2.45) is 0 Å². The van der Waals surface area contributed by atoms with E-state index in [9.17, 15) is 9.59 Å². The highest BCUT2D eigenvalue weighted by molar-refractivity contribution is 6.04. The van der Waals surface area contributed by atoms with Crippen molar-refractivity contribution in [1.82, 2.24) is 0 Å². The van der Waals surface area contributed by atoms with Crippen LogP contribution in [0.1, 0.15) is 13.8 Å². The first-order valence-corrected chi connectivity index (χ1v) is 6.75. The summed E-state index contributed by atoms with van der Waals surface area (Å²) >= 11 is 0. The van der Waals surface area contributed by atoms with Gasteiger partial charge in [-0.25, -0.2) is 9.59 Å². The lowest BCUT2D eigenvalue weighted by Crippen LogP contribution is -2.09. The molecule has 0 atom stereocenters. The van der Waals surface area contributed by atoms with Crippen molar-refractivity contribution in [3.05, 3.63) is 24.3 Å². The Labute approximate surface area is 131 Å². The van der Waals surface area contributed by atoms with Crippen molar-refractivity contribution in [2.75, 3.05) is 46.8 Å². The van der Waals surface area contributed by atoms with E-state index < -0.39 is 11.9 Å². The molecule has 0 amide bonds. The molecular formula is C15H26O7. The third-order valence-electron chi connectivity index (χ3n) is 1.60. The van der Waals surface area contributed by atoms with Crippen LogP contribution < -0.4 is 0 Å². The third kappa shape index (κ3) is 23.5. The lowest BCUT2D eigenvalue weighted by molar-refractivity contribution is -0.150. The molecule has 0 aliphatic carbocycles. The maximum atomic E-state index is 9.92. The van der Waals surface area contributed by atoms with Gasteiger partial charge < -0.3 is 24.1 Å². The minimum Gasteiger partial charge on any atom is -0.394 e. The average Bonchev–Trinajstić information content (AvgIpc) is 2.81. The summed E-state index contributed by atoms with van der Waals surface area (Å²) in [5.74, 6) is -1.16. The van der Waals surface area contributed by atoms with Crippen molar-refractivity contribution in [3.8, 4) is 0 Å². The number of rotatable bonds is 8. The number of ether oxygens (including phenoxy) is 4. The normalized spacial score (nSPS) is 12.0. The van der Waals surface area contributed by atoms with E-state index in [-0.39, 0.29) is 6.61 Å². The number of hydrogen-bond donors (Lipinski definition) is 1. The van der Waals surface area contributed by atoms with Gasteiger partial charge in [-0.1, -0.05) is 5.57 Å². The van der Waals surface area contributed by atoms with Gasteiger partial charge in [0.1, 0.15) is 0 Å². The molecule has 0 saturated carbocycles. The van der Waals surface area contributed by atoms with E-state index in [2.05, 4.69) is 11.3 Å². The molecule has 1 aliphatic rings. The van der Waals surface area contributed by atoms with Gasteiger partial charge >= 0.3 is 11.9 Å². The van der Waals surface area contributed by atoms with Crippen LogP contribution >= 0.6 is 0 Å². The summed E-state index contributed by atoms with van der Waals surface area (Å²) in [5, 5.41) is 8.32. The van der Waals surface area contributed by atoms with Gasteiger partial charge in [-0.05, 0) is 13.8 Å². The molecule has 0 bridgehead atoms. The number of hydrogen-bond acceptors (Lipinski definition) is 7. The van der Waals surface area contributed by atoms with E-state index in [0.29, 0.717) is 33.0 Å². The fourth-order valence-corrected chi connectivity index (χ4v) is 0.832. The smallest absolute Gasteiger partial charge is 0.338 e. The van der Waals surface area contributed by atoms with Gasteiger partial charge in [0.2, 0.25) is 0 Å². The third-order valence-corrected chi connectivity index (χ3v) is 1.60. The number of carbonyl (C=O) groups is 2. The lowest BCUT2D eigenvalue weighted by Gasteiger charge is -2.03. The molecule has 1 rings (SSSR count). The van der Waals surface area contributed by atoms with E-state index in [1.165, 1.54) is 5.57 Å². The Morgan fingerprint density at radius 1 is 1.05 bits per heavy atom. The summed E-state index contributed by atoms with van der Waals surface area (Å²) in [5.41, 5.74) is 1.17. The molecule has 0 aromatic rings. The predicted octanol–water partition coefficient (Wildman–Crippen LogP) is 0.867. The van der Waals surface area contributed by atoms with E-state index in [1.807, 2.05) is 13.8 Å². The van der Waals surface area contributed by atoms with Gasteiger partial charge in [-0.3, -0.25) is 0 Å². The van der Waals surface area contributed by atoms with Gasteiger partial charge in [0.15, 0.2) is 0 Å². The largest absolute Gasteiger partial charge is 0.394 e. The van der Waals surface area contributed by atoms with Gasteiger partial charge in [0.25, 0.3) is 0 Å². The molecule has 0 saturated heterocycles. The van der Waals surface area contributed by atoms with Crippen LogP contribution in [0.4, 0.5) is 0 Å². The molecule has 128 valence electrons. The number of carbonyl (C=O) groups excluding carboxylic acids is 2. The summed E-state index contributed by atoms with van der Waals surface area (Å²) in [6, 6.07) is 0. The van der Waals surface area contributed by atoms with Crippen LogP contribution in [0, 0.1) is 0 Å². The van der Waals surface area contributed by atoms with Crippen LogP contribution in [0.3, 0.4) is 0 Å². The molecule has 1 aliphatic heterocycles. The van der Waals surface area contributed by atoms with Crippen LogP contribution in [-0.2, 0) is 28.5 Å². The van der Waals surface area contributed by atoms with E-state index in [1.54, 1.807) is 7.11 Å². The quantitative estimate of drug-likeness (QED) is 0.307. The monoisotopic (exact) mass is 318 g/mol. The summed E-state index contributed by atoms with van der Waals surface area (Å²) in [6.07, 6.45) is 2.17. The second-order valence-corrected chi connectivity index (χ2v) is 4.22. The number of aliphatic hydroxyl groups excluding tert-OH is 1. The first kappa shape index (κ1) is 22.7. The van der Waals surface area contributed by atoms with Crippen molar-refractivity contribution in [2.45, 2.75) is 13.8 Å². The molecule has 0 aromatic heterocycles. The maximum Gasteiger partial charge on any atom is 0.338 e. The summed E-state index contributed by atoms with van der Waals surface area (Å²) in [6.45, 7) is 10.2. The van der Waals surface area contributed by atoms with Gasteiger partial charge in [0, 0.05) is 19.3 Å². The van der Waals surface area contributed by atoms with Gasteiger partial charge in [0.05, 0.1) is 39.6 Å². The van der Waals surface area contributed by atoms with Crippen molar-refractivity contribution in [3.63, 3.8) is 0 Å². The van der Waals surface area contributed by atoms with Gasteiger partial charge in [-0.2, -0.15) is 0 Å². The molecule has 7 nitrogen and oxygen atoms in total. The standard InChI is InChI=1S/C7H16O4.C4H2O3.C4H8/c1-9-4-5-11-7-6-10-3-2-8;5-3-1-2-4(6)7-3;1-4(2)3/h8H,2-7H2,1H3;1-2H;1H2,2-3H3. The highest BCUT2D eigenvalue weighted by Gasteiger charge is 2.10. The van der Waals surface area contributed by atoms with Crippen LogP contribution in [0.15, 0.2) is 24.3 Å². The summed E-state index contributed by atoms with van der Waals surface area (Å²) in [7, 11) is 1.63. The highest BCUT2D eigenvalue weighted by atomic mass is 16.6. The molecule has 0 fully saturated rings. The number of allylic oxidation sites excluding steroid dienone is 1. The van der Waals surface area contributed by atoms with Crippen LogP contribution in [0.5, 0.6) is 0 Å². The Morgan fingerprint density at radius 3 is 1.77 bits per heavy atom. The number of esters is 2. The van der Waals surface area contributed by atoms with E-state index >= 15 is 0 Å². The van der Waals surface area contributed by atoms with Gasteiger partial charge in [-0.15, -0.1) is 6.58 Å². The Balaban J connectivity index is 0. The van der Waals surface area contributed by atoms with Crippen molar-refractivity contribution >= 4 is 11.9 Å². The van der Waals surface area contributed by atoms with E-state index in [4.69, 9.17) is 19.3 Å². The second-order valence-electron chi connectivity index (χ2n) is 4.22. The fourth-order valence-electron chi connectivity index (χ4n) is 0.832. The van der Waals surface area contributed by atoms with Crippen molar-refractivity contribution < 1.29 is 33.6 Å². The molecule has 0 unspecified atom stereocenters. The zero-order valence-corrected chi connectivity index (χ0v) is 13.5. The number of methoxy groups -OCH3 is 1. The Hall–Kier alpha value is -1.54. The second kappa shape index (κ2) is 17.5. The van der Waals surface area contributed by atoms with Crippen LogP contribution in [-0.4, -0.2) is 63.8 Å². The highest BCUT2D eigenvalue weighted by Crippen LogP contribution is 1.92. The molecule has 0 radical (unpaired) electrons. The average molecular weight is 318 g/mol. The first-order valence-electron chi connectivity index (χ1n) is 6.75. The Kier molecular flexibility index (Phi) is 18.1. The summed E-state index contributed by atoms with van der Waals surface area (Å²) in [4.78, 5) is 19.8. The first-order chi connectivity index (χ1) is 10.4. The predicted molar refractivity (Wildman–Crippen MR) is 81.3 cm³/mol. The lowest BCUT2D eigenvalue weighted by atomic mass is 10.4. The molecular weight excluding hydrogens is 292 g/mol. The molecule has 22 heavy (non-hydrogen) atoms. The SMILES string of the molecule is C=C(C)C.COCCOCCOCCO.O=C1C=CC(=O)O1. The fraction of sp³-hybridized carbons (Fsp3) is 0.600. The molecule has 0 aromatic carbocycles. The molecule has 7 heteroatoms. The minimum atomic E-state index is -0.579. The molecule has 1 N–H and O–H groups in total. The number of aliphatic hydroxyl groups is 1. The van der Waals surface area contributed by atoms with Crippen LogP contribution in [0.25, 0.3) is 0 Å². The zero-order chi connectivity index (χ0) is 17.2. The zero-order valence-electron chi connectivity index (χ0n) is 13.5. The van der Waals surface area contributed by atoms with Crippen LogP contribution in [0.2, 0.25) is 0 Å². The summed E-state index contributed by atoms with van der Waals surface area (Å²) < 4.78 is 18.8. The minimum absolute atomic E-state index is 0.0675. The van der Waals surface area contributed by atoms with E-state index in [0.717, 1.165) is 12.2 Å². The molecule has 0 spiro atoms. The Bertz CT molecular complexity index is 309. The van der Waals surface area contributed by atoms with Crippen molar-refractivity contribution in [1.29, 1.82) is 0 Å².